The molecular weight excluding hydrogens is 231 g/mol. The fraction of sp³-hybridized carbons (Fsp3) is 1.00. The normalized spacial score (nSPS) is 11.0. The van der Waals surface area contributed by atoms with Crippen LogP contribution in [-0.2, 0) is 14.6 Å². The smallest absolute Gasteiger partial charge is 0.264 e. The second kappa shape index (κ2) is 11.0. The summed E-state index contributed by atoms with van der Waals surface area (Å²) in [6, 6.07) is 0. The summed E-state index contributed by atoms with van der Waals surface area (Å²) in [5, 5.41) is 0. The van der Waals surface area contributed by atoms with Gasteiger partial charge in [-0.15, -0.1) is 0 Å². The molecule has 0 heterocycles. The van der Waals surface area contributed by atoms with Crippen LogP contribution in [0.15, 0.2) is 0 Å². The summed E-state index contributed by atoms with van der Waals surface area (Å²) >= 11 is 0. The zero-order valence-corrected chi connectivity index (χ0v) is 13.0. The molecule has 0 rings (SSSR count). The molecule has 0 bridgehead atoms. The summed E-state index contributed by atoms with van der Waals surface area (Å²) in [5.74, 6) is 0. The Hall–Kier alpha value is 1.51. The molecule has 0 aliphatic rings. The van der Waals surface area contributed by atoms with Gasteiger partial charge in [0.15, 0.2) is 0 Å². The van der Waals surface area contributed by atoms with Crippen molar-refractivity contribution in [2.45, 2.75) is 45.4 Å². The summed E-state index contributed by atoms with van der Waals surface area (Å²) in [4.78, 5) is 0. The van der Waals surface area contributed by atoms with Gasteiger partial charge in [0.25, 0.3) is 0 Å². The summed E-state index contributed by atoms with van der Waals surface area (Å²) in [5.41, 5.74) is 0. The van der Waals surface area contributed by atoms with Crippen LogP contribution in [0.2, 0.25) is 0 Å². The third-order valence-corrected chi connectivity index (χ3v) is 2.19. The summed E-state index contributed by atoms with van der Waals surface area (Å²) in [6.07, 6.45) is 6.34. The number of hydrogen-bond acceptors (Lipinski definition) is 3. The first-order chi connectivity index (χ1) is 6.06. The zero-order valence-electron chi connectivity index (χ0n) is 9.03. The van der Waals surface area contributed by atoms with E-state index in [4.69, 9.17) is 4.55 Å². The Balaban J connectivity index is 0. The van der Waals surface area contributed by atoms with Gasteiger partial charge < -0.3 is 0 Å². The van der Waals surface area contributed by atoms with Crippen molar-refractivity contribution in [2.75, 3.05) is 6.61 Å². The van der Waals surface area contributed by atoms with E-state index in [9.17, 15) is 8.42 Å². The van der Waals surface area contributed by atoms with Gasteiger partial charge in [0.1, 0.15) is 0 Å². The van der Waals surface area contributed by atoms with Crippen LogP contribution < -0.4 is 0 Å². The average Bonchev–Trinajstić information content (AvgIpc) is 2.01. The van der Waals surface area contributed by atoms with Gasteiger partial charge in [0.2, 0.25) is 0 Å². The first-order valence-electron chi connectivity index (χ1n) is 4.68. The quantitative estimate of drug-likeness (QED) is 0.405. The van der Waals surface area contributed by atoms with E-state index in [1.165, 1.54) is 19.3 Å². The number of rotatable bonds is 8. The van der Waals surface area contributed by atoms with Crippen LogP contribution in [0.5, 0.6) is 0 Å². The van der Waals surface area contributed by atoms with E-state index in [-0.39, 0.29) is 58.0 Å². The molecule has 0 aromatic heterocycles. The monoisotopic (exact) mass is 249 g/mol. The van der Waals surface area contributed by atoms with Crippen LogP contribution in [0.25, 0.3) is 0 Å². The Labute approximate surface area is 129 Å². The van der Waals surface area contributed by atoms with Gasteiger partial charge in [-0.05, 0) is 6.42 Å². The van der Waals surface area contributed by atoms with Gasteiger partial charge in [-0.2, -0.15) is 8.42 Å². The minimum Gasteiger partial charge on any atom is -0.264 e. The predicted molar refractivity (Wildman–Crippen MR) is 56.6 cm³/mol. The maximum absolute atomic E-state index is 10.1. The summed E-state index contributed by atoms with van der Waals surface area (Å²) in [6.45, 7) is 2.23. The van der Waals surface area contributed by atoms with E-state index in [1.807, 2.05) is 0 Å². The van der Waals surface area contributed by atoms with Crippen molar-refractivity contribution in [2.24, 2.45) is 0 Å². The second-order valence-electron chi connectivity index (χ2n) is 3.02. The summed E-state index contributed by atoms with van der Waals surface area (Å²) in [7, 11) is -4.22. The molecule has 6 heteroatoms. The fourth-order valence-corrected chi connectivity index (χ4v) is 1.38. The third kappa shape index (κ3) is 16.0. The molecular formula is C8H18KO4S. The van der Waals surface area contributed by atoms with Crippen LogP contribution in [0.1, 0.15) is 45.4 Å². The van der Waals surface area contributed by atoms with Crippen LogP contribution in [0.3, 0.4) is 0 Å². The SMILES string of the molecule is CCCCCCCCOS(=O)(=O)O.[K]. The molecule has 0 fully saturated rings. The molecule has 0 aromatic rings. The van der Waals surface area contributed by atoms with Crippen molar-refractivity contribution in [3.63, 3.8) is 0 Å². The van der Waals surface area contributed by atoms with Crippen molar-refractivity contribution in [1.29, 1.82) is 0 Å². The molecule has 0 atom stereocenters. The maximum atomic E-state index is 10.1. The van der Waals surface area contributed by atoms with E-state index in [2.05, 4.69) is 11.1 Å². The Morgan fingerprint density at radius 2 is 1.57 bits per heavy atom. The van der Waals surface area contributed by atoms with Crippen molar-refractivity contribution in [1.82, 2.24) is 0 Å². The summed E-state index contributed by atoms with van der Waals surface area (Å²) < 4.78 is 32.6. The molecule has 0 aromatic carbocycles. The van der Waals surface area contributed by atoms with Crippen LogP contribution in [0, 0.1) is 0 Å². The molecule has 1 N–H and O–H groups in total. The Morgan fingerprint density at radius 1 is 1.07 bits per heavy atom. The molecule has 4 nitrogen and oxygen atoms in total. The molecule has 0 aliphatic heterocycles. The second-order valence-corrected chi connectivity index (χ2v) is 4.11. The van der Waals surface area contributed by atoms with Crippen LogP contribution in [0.4, 0.5) is 0 Å². The average molecular weight is 249 g/mol. The van der Waals surface area contributed by atoms with E-state index in [1.54, 1.807) is 0 Å². The molecule has 81 valence electrons. The van der Waals surface area contributed by atoms with E-state index in [0.29, 0.717) is 6.42 Å². The van der Waals surface area contributed by atoms with E-state index in [0.717, 1.165) is 12.8 Å². The number of hydrogen-bond donors (Lipinski definition) is 1. The minimum absolute atomic E-state index is 0. The van der Waals surface area contributed by atoms with Gasteiger partial charge in [-0.3, -0.25) is 4.55 Å². The van der Waals surface area contributed by atoms with Crippen LogP contribution in [-0.4, -0.2) is 71.0 Å². The molecule has 0 saturated carbocycles. The Kier molecular flexibility index (Phi) is 14.1. The molecule has 14 heavy (non-hydrogen) atoms. The van der Waals surface area contributed by atoms with Gasteiger partial charge in [0.05, 0.1) is 6.61 Å². The fourth-order valence-electron chi connectivity index (χ4n) is 1.05. The van der Waals surface area contributed by atoms with Gasteiger partial charge >= 0.3 is 10.4 Å². The van der Waals surface area contributed by atoms with Gasteiger partial charge in [-0.25, -0.2) is 4.18 Å². The van der Waals surface area contributed by atoms with Crippen molar-refractivity contribution >= 4 is 61.8 Å². The largest absolute Gasteiger partial charge is 0.397 e. The third-order valence-electron chi connectivity index (χ3n) is 1.73. The van der Waals surface area contributed by atoms with Gasteiger partial charge in [-0.1, -0.05) is 39.0 Å². The van der Waals surface area contributed by atoms with E-state index >= 15 is 0 Å². The standard InChI is InChI=1S/C8H18O4S.K/c1-2-3-4-5-6-7-8-12-13(9,10)11;/h2-8H2,1H3,(H,9,10,11);. The van der Waals surface area contributed by atoms with Crippen molar-refractivity contribution in [3.8, 4) is 0 Å². The Bertz CT molecular complexity index is 203. The number of unbranched alkanes of at least 4 members (excludes halogenated alkanes) is 5. The predicted octanol–water partition coefficient (Wildman–Crippen LogP) is 1.79. The molecule has 0 spiro atoms. The molecule has 0 unspecified atom stereocenters. The first-order valence-corrected chi connectivity index (χ1v) is 6.04. The van der Waals surface area contributed by atoms with Crippen molar-refractivity contribution < 1.29 is 17.2 Å². The topological polar surface area (TPSA) is 63.6 Å². The minimum atomic E-state index is -4.22. The maximum Gasteiger partial charge on any atom is 0.397 e. The van der Waals surface area contributed by atoms with E-state index < -0.39 is 10.4 Å². The molecule has 0 amide bonds. The molecule has 0 saturated heterocycles. The van der Waals surface area contributed by atoms with Gasteiger partial charge in [0, 0.05) is 51.4 Å². The Morgan fingerprint density at radius 3 is 2.07 bits per heavy atom. The molecule has 1 radical (unpaired) electrons. The molecule has 0 aliphatic carbocycles. The van der Waals surface area contributed by atoms with Crippen molar-refractivity contribution in [3.05, 3.63) is 0 Å². The van der Waals surface area contributed by atoms with Crippen LogP contribution >= 0.6 is 0 Å². The zero-order chi connectivity index (χ0) is 10.2. The first kappa shape index (κ1) is 17.9.